The molecule has 0 fully saturated rings. The van der Waals surface area contributed by atoms with Crippen molar-refractivity contribution in [3.8, 4) is 0 Å². The van der Waals surface area contributed by atoms with Gasteiger partial charge in [0.05, 0.1) is 0 Å². The predicted octanol–water partition coefficient (Wildman–Crippen LogP) is 2.66. The molecule has 0 saturated heterocycles. The maximum absolute atomic E-state index is 13.3. The smallest absolute Gasteiger partial charge is 0.408 e. The summed E-state index contributed by atoms with van der Waals surface area (Å²) in [5.41, 5.74) is 4.78. The topological polar surface area (TPSA) is 139 Å². The van der Waals surface area contributed by atoms with E-state index < -0.39 is 41.6 Å². The van der Waals surface area contributed by atoms with Crippen molar-refractivity contribution < 1.29 is 29.0 Å². The van der Waals surface area contributed by atoms with Gasteiger partial charge in [0, 0.05) is 13.0 Å². The molecule has 0 rings (SSSR count). The van der Waals surface area contributed by atoms with Crippen LogP contribution in [0.25, 0.3) is 0 Å². The molecule has 4 N–H and O–H groups in total. The SMILES string of the molecule is CCCCCCN(C(=O)[C@@H](NC(=O)OC(C)(C)C)C(C)C)[C@H](CCC(=O)O)C(N)=O. The van der Waals surface area contributed by atoms with Crippen LogP contribution in [0.15, 0.2) is 0 Å². The van der Waals surface area contributed by atoms with Crippen molar-refractivity contribution in [2.24, 2.45) is 11.7 Å². The lowest BCUT2D eigenvalue weighted by atomic mass is 10.00. The van der Waals surface area contributed by atoms with E-state index in [9.17, 15) is 19.2 Å². The molecule has 0 heterocycles. The first kappa shape index (κ1) is 27.7. The van der Waals surface area contributed by atoms with Crippen LogP contribution < -0.4 is 11.1 Å². The first-order valence-corrected chi connectivity index (χ1v) is 10.6. The third kappa shape index (κ3) is 11.0. The average molecular weight is 430 g/mol. The highest BCUT2D eigenvalue weighted by atomic mass is 16.6. The molecule has 0 radical (unpaired) electrons. The Balaban J connectivity index is 5.64. The standard InChI is InChI=1S/C21H39N3O6/c1-7-8-9-10-13-24(15(18(22)27)11-12-16(25)26)19(28)17(14(2)3)23-20(29)30-21(4,5)6/h14-15,17H,7-13H2,1-6H3,(H2,22,27)(H,23,29)(H,25,26)/t15-,17+/m1/s1. The number of carboxylic acid groups (broad SMARTS) is 1. The minimum atomic E-state index is -1.08. The molecule has 174 valence electrons. The molecule has 0 aromatic carbocycles. The molecule has 0 aromatic rings. The monoisotopic (exact) mass is 429 g/mol. The zero-order valence-electron chi connectivity index (χ0n) is 19.2. The van der Waals surface area contributed by atoms with E-state index >= 15 is 0 Å². The minimum Gasteiger partial charge on any atom is -0.481 e. The Labute approximate surface area is 179 Å². The van der Waals surface area contributed by atoms with Gasteiger partial charge >= 0.3 is 12.1 Å². The van der Waals surface area contributed by atoms with Crippen molar-refractivity contribution in [2.45, 2.75) is 97.8 Å². The summed E-state index contributed by atoms with van der Waals surface area (Å²) in [6.45, 7) is 11.0. The molecule has 9 heteroatoms. The molecule has 0 aliphatic heterocycles. The average Bonchev–Trinajstić information content (AvgIpc) is 2.58. The highest BCUT2D eigenvalue weighted by molar-refractivity contribution is 5.91. The van der Waals surface area contributed by atoms with Crippen LogP contribution in [-0.2, 0) is 19.1 Å². The number of nitrogens with zero attached hydrogens (tertiary/aromatic N) is 1. The number of nitrogens with one attached hydrogen (secondary N) is 1. The first-order valence-electron chi connectivity index (χ1n) is 10.6. The molecule has 0 aromatic heterocycles. The van der Waals surface area contributed by atoms with E-state index in [0.29, 0.717) is 6.42 Å². The number of nitrogens with two attached hydrogens (primary N) is 1. The largest absolute Gasteiger partial charge is 0.481 e. The van der Waals surface area contributed by atoms with Gasteiger partial charge in [-0.25, -0.2) is 4.79 Å². The molecule has 2 atom stereocenters. The number of alkyl carbamates (subject to hydrolysis) is 1. The van der Waals surface area contributed by atoms with Crippen LogP contribution in [-0.4, -0.2) is 58.1 Å². The van der Waals surface area contributed by atoms with E-state index in [1.807, 2.05) is 0 Å². The summed E-state index contributed by atoms with van der Waals surface area (Å²) in [6.07, 6.45) is 2.37. The molecule has 0 aliphatic carbocycles. The Morgan fingerprint density at radius 2 is 1.70 bits per heavy atom. The van der Waals surface area contributed by atoms with Gasteiger partial charge in [-0.3, -0.25) is 14.4 Å². The number of carbonyl (C=O) groups excluding carboxylic acids is 3. The van der Waals surface area contributed by atoms with Crippen LogP contribution in [0, 0.1) is 5.92 Å². The highest BCUT2D eigenvalue weighted by Gasteiger charge is 2.35. The molecule has 30 heavy (non-hydrogen) atoms. The molecule has 0 saturated carbocycles. The van der Waals surface area contributed by atoms with Crippen molar-refractivity contribution in [1.82, 2.24) is 10.2 Å². The van der Waals surface area contributed by atoms with Gasteiger partial charge in [0.2, 0.25) is 11.8 Å². The van der Waals surface area contributed by atoms with Gasteiger partial charge in [-0.1, -0.05) is 40.0 Å². The van der Waals surface area contributed by atoms with E-state index in [0.717, 1.165) is 19.3 Å². The van der Waals surface area contributed by atoms with Crippen LogP contribution in [0.2, 0.25) is 0 Å². The Kier molecular flexibility index (Phi) is 12.1. The number of hydrogen-bond donors (Lipinski definition) is 3. The van der Waals surface area contributed by atoms with E-state index in [4.69, 9.17) is 15.6 Å². The number of primary amides is 1. The molecule has 0 aliphatic rings. The van der Waals surface area contributed by atoms with Crippen LogP contribution >= 0.6 is 0 Å². The second-order valence-electron chi connectivity index (χ2n) is 8.81. The van der Waals surface area contributed by atoms with Crippen LogP contribution in [0.5, 0.6) is 0 Å². The molecule has 0 spiro atoms. The Hall–Kier alpha value is -2.32. The minimum absolute atomic E-state index is 0.0819. The zero-order valence-corrected chi connectivity index (χ0v) is 19.2. The Bertz CT molecular complexity index is 586. The summed E-state index contributed by atoms with van der Waals surface area (Å²) in [7, 11) is 0. The van der Waals surface area contributed by atoms with Gasteiger partial charge < -0.3 is 25.8 Å². The van der Waals surface area contributed by atoms with Gasteiger partial charge in [-0.15, -0.1) is 0 Å². The Morgan fingerprint density at radius 3 is 2.13 bits per heavy atom. The molecule has 9 nitrogen and oxygen atoms in total. The number of hydrogen-bond acceptors (Lipinski definition) is 5. The van der Waals surface area contributed by atoms with Crippen molar-refractivity contribution in [3.05, 3.63) is 0 Å². The van der Waals surface area contributed by atoms with Gasteiger partial charge in [0.25, 0.3) is 0 Å². The zero-order chi connectivity index (χ0) is 23.5. The number of amides is 3. The quantitative estimate of drug-likeness (QED) is 0.385. The van der Waals surface area contributed by atoms with Crippen molar-refractivity contribution in [2.75, 3.05) is 6.54 Å². The van der Waals surface area contributed by atoms with Gasteiger partial charge in [-0.2, -0.15) is 0 Å². The van der Waals surface area contributed by atoms with Crippen LogP contribution in [0.4, 0.5) is 4.79 Å². The number of rotatable bonds is 13. The lowest BCUT2D eigenvalue weighted by Crippen LogP contribution is -2.57. The Morgan fingerprint density at radius 1 is 1.10 bits per heavy atom. The third-order valence-electron chi connectivity index (χ3n) is 4.48. The van der Waals surface area contributed by atoms with E-state index in [-0.39, 0.29) is 25.3 Å². The van der Waals surface area contributed by atoms with E-state index in [2.05, 4.69) is 12.2 Å². The fourth-order valence-electron chi connectivity index (χ4n) is 2.97. The lowest BCUT2D eigenvalue weighted by Gasteiger charge is -2.34. The molecular formula is C21H39N3O6. The first-order chi connectivity index (χ1) is 13.8. The fourth-order valence-corrected chi connectivity index (χ4v) is 2.97. The normalized spacial score (nSPS) is 13.4. The highest BCUT2D eigenvalue weighted by Crippen LogP contribution is 2.16. The summed E-state index contributed by atoms with van der Waals surface area (Å²) < 4.78 is 5.26. The summed E-state index contributed by atoms with van der Waals surface area (Å²) >= 11 is 0. The van der Waals surface area contributed by atoms with Crippen LogP contribution in [0.3, 0.4) is 0 Å². The second-order valence-corrected chi connectivity index (χ2v) is 8.81. The summed E-state index contributed by atoms with van der Waals surface area (Å²) in [6, 6.07) is -1.99. The molecular weight excluding hydrogens is 390 g/mol. The van der Waals surface area contributed by atoms with Crippen molar-refractivity contribution >= 4 is 23.9 Å². The molecule has 3 amide bonds. The molecule has 0 bridgehead atoms. The van der Waals surface area contributed by atoms with Crippen molar-refractivity contribution in [1.29, 1.82) is 0 Å². The van der Waals surface area contributed by atoms with Gasteiger partial charge in [-0.05, 0) is 39.5 Å². The lowest BCUT2D eigenvalue weighted by molar-refractivity contribution is -0.144. The third-order valence-corrected chi connectivity index (χ3v) is 4.48. The fraction of sp³-hybridized carbons (Fsp3) is 0.810. The second kappa shape index (κ2) is 13.1. The summed E-state index contributed by atoms with van der Waals surface area (Å²) in [5, 5.41) is 11.6. The number of unbranched alkanes of at least 4 members (excludes halogenated alkanes) is 3. The number of carbonyl (C=O) groups is 4. The maximum atomic E-state index is 13.3. The number of carboxylic acids is 1. The van der Waals surface area contributed by atoms with Crippen LogP contribution in [0.1, 0.15) is 80.1 Å². The summed E-state index contributed by atoms with van der Waals surface area (Å²) in [5.74, 6) is -2.59. The summed E-state index contributed by atoms with van der Waals surface area (Å²) in [4.78, 5) is 50.0. The van der Waals surface area contributed by atoms with E-state index in [1.54, 1.807) is 34.6 Å². The number of aliphatic carboxylic acids is 1. The van der Waals surface area contributed by atoms with E-state index in [1.165, 1.54) is 4.90 Å². The predicted molar refractivity (Wildman–Crippen MR) is 114 cm³/mol. The molecule has 0 unspecified atom stereocenters. The maximum Gasteiger partial charge on any atom is 0.408 e. The van der Waals surface area contributed by atoms with Gasteiger partial charge in [0.1, 0.15) is 17.7 Å². The van der Waals surface area contributed by atoms with Crippen molar-refractivity contribution in [3.63, 3.8) is 0 Å². The number of ether oxygens (including phenoxy) is 1. The van der Waals surface area contributed by atoms with Gasteiger partial charge in [0.15, 0.2) is 0 Å².